The van der Waals surface area contributed by atoms with Gasteiger partial charge in [-0.15, -0.1) is 0 Å². The Hall–Kier alpha value is -2.50. The predicted molar refractivity (Wildman–Crippen MR) is 84.5 cm³/mol. The molecule has 0 fully saturated rings. The molecule has 0 radical (unpaired) electrons. The Morgan fingerprint density at radius 1 is 1.23 bits per heavy atom. The SMILES string of the molecule is CCC(C)Cc1nc(-c2cncn2C)n(-c2cccnc2)n1. The van der Waals surface area contributed by atoms with Crippen molar-refractivity contribution in [3.63, 3.8) is 0 Å². The van der Waals surface area contributed by atoms with Crippen molar-refractivity contribution in [2.45, 2.75) is 26.7 Å². The molecular formula is C16H20N6. The van der Waals surface area contributed by atoms with E-state index in [-0.39, 0.29) is 0 Å². The summed E-state index contributed by atoms with van der Waals surface area (Å²) in [5.41, 5.74) is 1.84. The lowest BCUT2D eigenvalue weighted by atomic mass is 10.1. The number of nitrogens with zero attached hydrogens (tertiary/aromatic N) is 6. The van der Waals surface area contributed by atoms with Gasteiger partial charge in [0.1, 0.15) is 5.69 Å². The summed E-state index contributed by atoms with van der Waals surface area (Å²) in [7, 11) is 1.96. The van der Waals surface area contributed by atoms with E-state index in [1.165, 1.54) is 0 Å². The van der Waals surface area contributed by atoms with Crippen molar-refractivity contribution < 1.29 is 0 Å². The van der Waals surface area contributed by atoms with Crippen LogP contribution < -0.4 is 0 Å². The molecule has 0 aliphatic heterocycles. The molecule has 22 heavy (non-hydrogen) atoms. The Labute approximate surface area is 129 Å². The zero-order chi connectivity index (χ0) is 15.5. The van der Waals surface area contributed by atoms with Crippen LogP contribution in [0.25, 0.3) is 17.2 Å². The largest absolute Gasteiger partial charge is 0.331 e. The molecule has 0 spiro atoms. The molecule has 114 valence electrons. The molecule has 0 saturated heterocycles. The zero-order valence-electron chi connectivity index (χ0n) is 13.1. The third-order valence-corrected chi connectivity index (χ3v) is 3.82. The summed E-state index contributed by atoms with van der Waals surface area (Å²) in [6.45, 7) is 4.40. The van der Waals surface area contributed by atoms with Crippen LogP contribution in [0.5, 0.6) is 0 Å². The van der Waals surface area contributed by atoms with E-state index in [9.17, 15) is 0 Å². The lowest BCUT2D eigenvalue weighted by molar-refractivity contribution is 0.542. The molecule has 3 heterocycles. The second-order valence-electron chi connectivity index (χ2n) is 5.58. The summed E-state index contributed by atoms with van der Waals surface area (Å²) >= 11 is 0. The lowest BCUT2D eigenvalue weighted by Crippen LogP contribution is -2.03. The van der Waals surface area contributed by atoms with Gasteiger partial charge in [-0.3, -0.25) is 4.98 Å². The summed E-state index contributed by atoms with van der Waals surface area (Å²) < 4.78 is 3.80. The van der Waals surface area contributed by atoms with Crippen LogP contribution in [0.1, 0.15) is 26.1 Å². The Kier molecular flexibility index (Phi) is 4.00. The maximum atomic E-state index is 4.74. The van der Waals surface area contributed by atoms with E-state index in [1.807, 2.05) is 34.6 Å². The van der Waals surface area contributed by atoms with Crippen LogP contribution in [0.3, 0.4) is 0 Å². The van der Waals surface area contributed by atoms with Crippen molar-refractivity contribution in [1.82, 2.24) is 29.3 Å². The van der Waals surface area contributed by atoms with Crippen LogP contribution in [-0.4, -0.2) is 29.3 Å². The third kappa shape index (κ3) is 2.77. The summed E-state index contributed by atoms with van der Waals surface area (Å²) in [5.74, 6) is 2.21. The van der Waals surface area contributed by atoms with Gasteiger partial charge in [0, 0.05) is 19.7 Å². The fraction of sp³-hybridized carbons (Fsp3) is 0.375. The predicted octanol–water partition coefficient (Wildman–Crippen LogP) is 2.65. The van der Waals surface area contributed by atoms with Crippen molar-refractivity contribution in [1.29, 1.82) is 0 Å². The zero-order valence-corrected chi connectivity index (χ0v) is 13.1. The quantitative estimate of drug-likeness (QED) is 0.726. The minimum absolute atomic E-state index is 0.559. The first-order valence-corrected chi connectivity index (χ1v) is 7.52. The Bertz CT molecular complexity index is 743. The highest BCUT2D eigenvalue weighted by molar-refractivity contribution is 5.52. The van der Waals surface area contributed by atoms with E-state index < -0.39 is 0 Å². The van der Waals surface area contributed by atoms with Crippen LogP contribution in [0.15, 0.2) is 37.1 Å². The molecular weight excluding hydrogens is 276 g/mol. The van der Waals surface area contributed by atoms with Gasteiger partial charge in [0.05, 0.1) is 24.4 Å². The molecule has 1 unspecified atom stereocenters. The van der Waals surface area contributed by atoms with Crippen molar-refractivity contribution >= 4 is 0 Å². The number of pyridine rings is 1. The van der Waals surface area contributed by atoms with Gasteiger partial charge >= 0.3 is 0 Å². The Morgan fingerprint density at radius 2 is 2.09 bits per heavy atom. The van der Waals surface area contributed by atoms with Crippen LogP contribution >= 0.6 is 0 Å². The highest BCUT2D eigenvalue weighted by Gasteiger charge is 2.17. The van der Waals surface area contributed by atoms with Crippen LogP contribution in [0, 0.1) is 5.92 Å². The van der Waals surface area contributed by atoms with Gasteiger partial charge in [0.2, 0.25) is 0 Å². The fourth-order valence-corrected chi connectivity index (χ4v) is 2.29. The molecule has 0 amide bonds. The molecule has 6 heteroatoms. The molecule has 0 aromatic carbocycles. The van der Waals surface area contributed by atoms with Crippen LogP contribution in [0.2, 0.25) is 0 Å². The van der Waals surface area contributed by atoms with Gasteiger partial charge in [-0.1, -0.05) is 20.3 Å². The number of aryl methyl sites for hydroxylation is 1. The average Bonchev–Trinajstić information content (AvgIpc) is 3.14. The summed E-state index contributed by atoms with van der Waals surface area (Å²) in [6.07, 6.45) is 9.11. The smallest absolute Gasteiger partial charge is 0.181 e. The molecule has 0 aliphatic carbocycles. The number of hydrogen-bond acceptors (Lipinski definition) is 4. The minimum atomic E-state index is 0.559. The minimum Gasteiger partial charge on any atom is -0.331 e. The standard InChI is InChI=1S/C16H20N6/c1-4-12(2)8-15-19-16(14-10-18-11-21(14)3)22(20-15)13-6-5-7-17-9-13/h5-7,9-12H,4,8H2,1-3H3. The molecule has 3 aromatic rings. The maximum absolute atomic E-state index is 4.74. The van der Waals surface area contributed by atoms with Gasteiger partial charge < -0.3 is 4.57 Å². The summed E-state index contributed by atoms with van der Waals surface area (Å²) in [6, 6.07) is 3.88. The molecule has 3 rings (SSSR count). The van der Waals surface area contributed by atoms with Gasteiger partial charge in [-0.05, 0) is 18.1 Å². The van der Waals surface area contributed by atoms with Crippen LogP contribution in [-0.2, 0) is 13.5 Å². The normalized spacial score (nSPS) is 12.5. The third-order valence-electron chi connectivity index (χ3n) is 3.82. The number of imidazole rings is 1. The van der Waals surface area contributed by atoms with Gasteiger partial charge in [-0.2, -0.15) is 5.10 Å². The fourth-order valence-electron chi connectivity index (χ4n) is 2.29. The first-order chi connectivity index (χ1) is 10.7. The summed E-state index contributed by atoms with van der Waals surface area (Å²) in [5, 5.41) is 4.69. The highest BCUT2D eigenvalue weighted by Crippen LogP contribution is 2.21. The van der Waals surface area contributed by atoms with Crippen molar-refractivity contribution in [3.8, 4) is 17.2 Å². The molecule has 0 bridgehead atoms. The van der Waals surface area contributed by atoms with E-state index in [2.05, 4.69) is 28.9 Å². The van der Waals surface area contributed by atoms with Crippen molar-refractivity contribution in [3.05, 3.63) is 42.9 Å². The van der Waals surface area contributed by atoms with Gasteiger partial charge in [0.25, 0.3) is 0 Å². The Balaban J connectivity index is 2.08. The second-order valence-corrected chi connectivity index (χ2v) is 5.58. The van der Waals surface area contributed by atoms with Gasteiger partial charge in [0.15, 0.2) is 11.6 Å². The highest BCUT2D eigenvalue weighted by atomic mass is 15.4. The first kappa shape index (κ1) is 14.4. The molecule has 0 saturated carbocycles. The summed E-state index contributed by atoms with van der Waals surface area (Å²) in [4.78, 5) is 13.1. The van der Waals surface area contributed by atoms with E-state index >= 15 is 0 Å². The molecule has 6 nitrogen and oxygen atoms in total. The van der Waals surface area contributed by atoms with E-state index in [0.29, 0.717) is 5.92 Å². The molecule has 0 aliphatic rings. The Morgan fingerprint density at radius 3 is 2.73 bits per heavy atom. The molecule has 1 atom stereocenters. The number of rotatable bonds is 5. The number of hydrogen-bond donors (Lipinski definition) is 0. The van der Waals surface area contributed by atoms with Gasteiger partial charge in [-0.25, -0.2) is 14.6 Å². The topological polar surface area (TPSA) is 61.4 Å². The molecule has 3 aromatic heterocycles. The monoisotopic (exact) mass is 296 g/mol. The molecule has 0 N–H and O–H groups in total. The van der Waals surface area contributed by atoms with E-state index in [1.54, 1.807) is 18.7 Å². The van der Waals surface area contributed by atoms with E-state index in [4.69, 9.17) is 4.98 Å². The average molecular weight is 296 g/mol. The van der Waals surface area contributed by atoms with Crippen molar-refractivity contribution in [2.75, 3.05) is 0 Å². The van der Waals surface area contributed by atoms with Crippen molar-refractivity contribution in [2.24, 2.45) is 13.0 Å². The first-order valence-electron chi connectivity index (χ1n) is 7.52. The van der Waals surface area contributed by atoms with E-state index in [0.717, 1.165) is 35.9 Å². The number of aromatic nitrogens is 6. The maximum Gasteiger partial charge on any atom is 0.181 e. The van der Waals surface area contributed by atoms with Crippen LogP contribution in [0.4, 0.5) is 0 Å². The lowest BCUT2D eigenvalue weighted by Gasteiger charge is -2.05. The second kappa shape index (κ2) is 6.09.